The number of nitrogens with one attached hydrogen (secondary N) is 2. The summed E-state index contributed by atoms with van der Waals surface area (Å²) in [4.78, 5) is 13.0. The monoisotopic (exact) mass is 260 g/mol. The first-order chi connectivity index (χ1) is 7.40. The van der Waals surface area contributed by atoms with Crippen molar-refractivity contribution in [1.82, 2.24) is 9.71 Å². The van der Waals surface area contributed by atoms with Gasteiger partial charge in [0.05, 0.1) is 6.04 Å². The van der Waals surface area contributed by atoms with Crippen molar-refractivity contribution < 1.29 is 8.42 Å². The van der Waals surface area contributed by atoms with E-state index in [2.05, 4.69) is 15.6 Å². The van der Waals surface area contributed by atoms with E-state index in [1.165, 1.54) is 6.92 Å². The molecular weight excluding hydrogens is 248 g/mol. The molecule has 1 heterocycles. The van der Waals surface area contributed by atoms with E-state index >= 15 is 0 Å². The lowest BCUT2D eigenvalue weighted by atomic mass is 10.3. The standard InChI is InChI=1S/C9H12N2O3S2/c1-4-7(5-2)11-16(13,14)8-6(3)10-9(12)15-8/h1,7,11H,5H2,2-3H3,(H,10,12). The highest BCUT2D eigenvalue weighted by Crippen LogP contribution is 2.16. The second kappa shape index (κ2) is 4.82. The van der Waals surface area contributed by atoms with Crippen LogP contribution in [-0.2, 0) is 10.0 Å². The Morgan fingerprint density at radius 3 is 2.62 bits per heavy atom. The Hall–Kier alpha value is -1.10. The summed E-state index contributed by atoms with van der Waals surface area (Å²) in [5.74, 6) is 2.33. The first kappa shape index (κ1) is 13.0. The zero-order valence-electron chi connectivity index (χ0n) is 8.90. The number of aryl methyl sites for hydroxylation is 1. The van der Waals surface area contributed by atoms with E-state index in [4.69, 9.17) is 6.42 Å². The van der Waals surface area contributed by atoms with Gasteiger partial charge in [-0.3, -0.25) is 4.79 Å². The molecule has 0 aliphatic carbocycles. The highest BCUT2D eigenvalue weighted by Gasteiger charge is 2.22. The molecule has 0 bridgehead atoms. The largest absolute Gasteiger partial charge is 0.315 e. The summed E-state index contributed by atoms with van der Waals surface area (Å²) in [6.45, 7) is 3.31. The van der Waals surface area contributed by atoms with Crippen LogP contribution in [0.5, 0.6) is 0 Å². The molecule has 0 aromatic carbocycles. The van der Waals surface area contributed by atoms with E-state index in [1.807, 2.05) is 0 Å². The molecule has 0 saturated heterocycles. The number of aromatic amines is 1. The zero-order chi connectivity index (χ0) is 12.3. The Morgan fingerprint density at radius 2 is 2.25 bits per heavy atom. The molecule has 5 nitrogen and oxygen atoms in total. The van der Waals surface area contributed by atoms with Crippen LogP contribution >= 0.6 is 11.3 Å². The van der Waals surface area contributed by atoms with Crippen LogP contribution in [0.2, 0.25) is 0 Å². The minimum Gasteiger partial charge on any atom is -0.315 e. The molecule has 0 aliphatic rings. The summed E-state index contributed by atoms with van der Waals surface area (Å²) in [5, 5.41) is 0. The average Bonchev–Trinajstić information content (AvgIpc) is 2.55. The molecule has 1 unspecified atom stereocenters. The van der Waals surface area contributed by atoms with Crippen molar-refractivity contribution in [2.24, 2.45) is 0 Å². The number of aromatic nitrogens is 1. The van der Waals surface area contributed by atoms with Crippen LogP contribution in [0.1, 0.15) is 19.0 Å². The van der Waals surface area contributed by atoms with Crippen LogP contribution in [0.4, 0.5) is 0 Å². The normalized spacial score (nSPS) is 13.3. The van der Waals surface area contributed by atoms with E-state index in [-0.39, 0.29) is 4.21 Å². The van der Waals surface area contributed by atoms with Gasteiger partial charge in [0.15, 0.2) is 4.21 Å². The topological polar surface area (TPSA) is 79.0 Å². The number of rotatable bonds is 4. The summed E-state index contributed by atoms with van der Waals surface area (Å²) < 4.78 is 26.0. The molecule has 1 atom stereocenters. The highest BCUT2D eigenvalue weighted by molar-refractivity contribution is 7.91. The fraction of sp³-hybridized carbons (Fsp3) is 0.444. The van der Waals surface area contributed by atoms with Crippen molar-refractivity contribution in [1.29, 1.82) is 0 Å². The number of hydrogen-bond donors (Lipinski definition) is 2. The van der Waals surface area contributed by atoms with Gasteiger partial charge in [-0.15, -0.1) is 6.42 Å². The molecule has 1 aromatic rings. The molecule has 0 aliphatic heterocycles. The Morgan fingerprint density at radius 1 is 1.62 bits per heavy atom. The fourth-order valence-electron chi connectivity index (χ4n) is 1.12. The van der Waals surface area contributed by atoms with E-state index < -0.39 is 20.9 Å². The molecular formula is C9H12N2O3S2. The summed E-state index contributed by atoms with van der Waals surface area (Å²) in [6, 6.07) is -0.554. The number of H-pyrrole nitrogens is 1. The second-order valence-electron chi connectivity index (χ2n) is 3.18. The quantitative estimate of drug-likeness (QED) is 0.771. The first-order valence-corrected chi connectivity index (χ1v) is 6.88. The lowest BCUT2D eigenvalue weighted by Gasteiger charge is -2.10. The van der Waals surface area contributed by atoms with Gasteiger partial charge in [-0.1, -0.05) is 24.2 Å². The van der Waals surface area contributed by atoms with Crippen LogP contribution < -0.4 is 9.60 Å². The van der Waals surface area contributed by atoms with E-state index in [1.54, 1.807) is 6.92 Å². The predicted octanol–water partition coefficient (Wildman–Crippen LogP) is 0.435. The minimum atomic E-state index is -3.70. The van der Waals surface area contributed by atoms with Gasteiger partial charge < -0.3 is 4.98 Å². The summed E-state index contributed by atoms with van der Waals surface area (Å²) in [6.07, 6.45) is 5.66. The van der Waals surface area contributed by atoms with Crippen molar-refractivity contribution in [3.8, 4) is 12.3 Å². The maximum Gasteiger partial charge on any atom is 0.305 e. The van der Waals surface area contributed by atoms with Gasteiger partial charge in [0.25, 0.3) is 10.0 Å². The van der Waals surface area contributed by atoms with Gasteiger partial charge >= 0.3 is 4.87 Å². The molecule has 7 heteroatoms. The molecule has 2 N–H and O–H groups in total. The van der Waals surface area contributed by atoms with Crippen molar-refractivity contribution in [2.45, 2.75) is 30.5 Å². The molecule has 0 spiro atoms. The Labute approximate surface area is 98.0 Å². The van der Waals surface area contributed by atoms with E-state index in [9.17, 15) is 13.2 Å². The van der Waals surface area contributed by atoms with Gasteiger partial charge in [-0.2, -0.15) is 4.72 Å². The maximum absolute atomic E-state index is 11.8. The smallest absolute Gasteiger partial charge is 0.305 e. The summed E-state index contributed by atoms with van der Waals surface area (Å²) in [5.41, 5.74) is 0.328. The lowest BCUT2D eigenvalue weighted by Crippen LogP contribution is -2.33. The van der Waals surface area contributed by atoms with Crippen LogP contribution in [0.3, 0.4) is 0 Å². The molecule has 0 fully saturated rings. The molecule has 0 radical (unpaired) electrons. The number of terminal acetylenes is 1. The zero-order valence-corrected chi connectivity index (χ0v) is 10.5. The van der Waals surface area contributed by atoms with Crippen LogP contribution in [0, 0.1) is 19.3 Å². The summed E-state index contributed by atoms with van der Waals surface area (Å²) in [7, 11) is -3.70. The van der Waals surface area contributed by atoms with Crippen LogP contribution in [-0.4, -0.2) is 19.4 Å². The maximum atomic E-state index is 11.8. The Bertz CT molecular complexity index is 562. The lowest BCUT2D eigenvalue weighted by molar-refractivity contribution is 0.572. The molecule has 0 saturated carbocycles. The van der Waals surface area contributed by atoms with Crippen molar-refractivity contribution in [3.05, 3.63) is 15.4 Å². The molecule has 1 rings (SSSR count). The van der Waals surface area contributed by atoms with Gasteiger partial charge in [0.1, 0.15) is 0 Å². The molecule has 1 aromatic heterocycles. The van der Waals surface area contributed by atoms with Crippen molar-refractivity contribution >= 4 is 21.4 Å². The third-order valence-electron chi connectivity index (χ3n) is 1.93. The number of thiazole rings is 1. The van der Waals surface area contributed by atoms with Crippen LogP contribution in [0.15, 0.2) is 9.00 Å². The SMILES string of the molecule is C#CC(CC)NS(=O)(=O)c1sc(=O)[nH]c1C. The third kappa shape index (κ3) is 2.72. The van der Waals surface area contributed by atoms with Gasteiger partial charge in [0.2, 0.25) is 0 Å². The van der Waals surface area contributed by atoms with E-state index in [0.29, 0.717) is 23.5 Å². The fourth-order valence-corrected chi connectivity index (χ4v) is 3.68. The first-order valence-electron chi connectivity index (χ1n) is 4.59. The summed E-state index contributed by atoms with van der Waals surface area (Å²) >= 11 is 0.654. The second-order valence-corrected chi connectivity index (χ2v) is 6.07. The number of hydrogen-bond acceptors (Lipinski definition) is 4. The molecule has 0 amide bonds. The average molecular weight is 260 g/mol. The molecule has 16 heavy (non-hydrogen) atoms. The van der Waals surface area contributed by atoms with E-state index in [0.717, 1.165) is 0 Å². The van der Waals surface area contributed by atoms with Gasteiger partial charge in [-0.25, -0.2) is 8.42 Å². The van der Waals surface area contributed by atoms with Crippen molar-refractivity contribution in [2.75, 3.05) is 0 Å². The minimum absolute atomic E-state index is 0.00815. The van der Waals surface area contributed by atoms with Gasteiger partial charge in [-0.05, 0) is 13.3 Å². The van der Waals surface area contributed by atoms with Gasteiger partial charge in [0, 0.05) is 5.69 Å². The Kier molecular flexibility index (Phi) is 3.91. The highest BCUT2D eigenvalue weighted by atomic mass is 32.2. The predicted molar refractivity (Wildman–Crippen MR) is 62.9 cm³/mol. The third-order valence-corrected chi connectivity index (χ3v) is 5.01. The van der Waals surface area contributed by atoms with Crippen LogP contribution in [0.25, 0.3) is 0 Å². The Balaban J connectivity index is 3.09. The molecule has 88 valence electrons. The number of sulfonamides is 1. The van der Waals surface area contributed by atoms with Crippen molar-refractivity contribution in [3.63, 3.8) is 0 Å².